The van der Waals surface area contributed by atoms with Crippen LogP contribution in [0.25, 0.3) is 0 Å². The largest absolute Gasteiger partial charge is 0.495 e. The predicted molar refractivity (Wildman–Crippen MR) is 116 cm³/mol. The smallest absolute Gasteiger partial charge is 0.256 e. The lowest BCUT2D eigenvalue weighted by Crippen LogP contribution is -2.39. The Morgan fingerprint density at radius 1 is 1.30 bits per heavy atom. The maximum Gasteiger partial charge on any atom is 0.256 e. The van der Waals surface area contributed by atoms with Gasteiger partial charge in [-0.15, -0.1) is 11.3 Å². The molecule has 144 valence electrons. The molecule has 5 nitrogen and oxygen atoms in total. The van der Waals surface area contributed by atoms with Crippen molar-refractivity contribution in [3.05, 3.63) is 42.6 Å². The zero-order chi connectivity index (χ0) is 19.3. The summed E-state index contributed by atoms with van der Waals surface area (Å²) in [5, 5.41) is 7.59. The van der Waals surface area contributed by atoms with Crippen molar-refractivity contribution in [1.29, 1.82) is 0 Å². The molecule has 0 aliphatic carbocycles. The highest BCUT2D eigenvalue weighted by Crippen LogP contribution is 2.43. The van der Waals surface area contributed by atoms with Gasteiger partial charge in [0.15, 0.2) is 0 Å². The van der Waals surface area contributed by atoms with Gasteiger partial charge in [0.2, 0.25) is 0 Å². The first-order valence-corrected chi connectivity index (χ1v) is 11.3. The molecular formula is C19H21Br2N3O2S. The Labute approximate surface area is 179 Å². The van der Waals surface area contributed by atoms with E-state index in [1.165, 1.54) is 10.4 Å². The molecule has 1 aromatic carbocycles. The van der Waals surface area contributed by atoms with Gasteiger partial charge in [-0.05, 0) is 53.9 Å². The average molecular weight is 515 g/mol. The second-order valence-electron chi connectivity index (χ2n) is 7.08. The molecule has 0 saturated heterocycles. The predicted octanol–water partition coefficient (Wildman–Crippen LogP) is 4.90. The molecule has 27 heavy (non-hydrogen) atoms. The van der Waals surface area contributed by atoms with Gasteiger partial charge in [-0.2, -0.15) is 0 Å². The summed E-state index contributed by atoms with van der Waals surface area (Å²) in [5.41, 5.74) is 2.91. The summed E-state index contributed by atoms with van der Waals surface area (Å²) in [6.45, 7) is 6.35. The van der Waals surface area contributed by atoms with Crippen molar-refractivity contribution in [2.45, 2.75) is 39.0 Å². The van der Waals surface area contributed by atoms with Gasteiger partial charge in [0, 0.05) is 34.0 Å². The normalized spacial score (nSPS) is 19.3. The number of anilines is 1. The molecule has 0 unspecified atom stereocenters. The average Bonchev–Trinajstić information content (AvgIpc) is 2.98. The monoisotopic (exact) mass is 513 g/mol. The number of ether oxygens (including phenoxy) is 1. The van der Waals surface area contributed by atoms with E-state index in [0.29, 0.717) is 11.8 Å². The number of rotatable bonds is 3. The number of nitrogens with one attached hydrogen (secondary N) is 2. The van der Waals surface area contributed by atoms with Crippen LogP contribution in [0.5, 0.6) is 5.75 Å². The van der Waals surface area contributed by atoms with Crippen molar-refractivity contribution < 1.29 is 9.53 Å². The lowest BCUT2D eigenvalue weighted by atomic mass is 9.99. The van der Waals surface area contributed by atoms with Gasteiger partial charge >= 0.3 is 0 Å². The number of thiophene rings is 1. The van der Waals surface area contributed by atoms with Crippen molar-refractivity contribution in [2.75, 3.05) is 19.0 Å². The molecule has 2 aromatic rings. The Bertz CT molecular complexity index is 913. The molecule has 2 aliphatic heterocycles. The van der Waals surface area contributed by atoms with Gasteiger partial charge in [0.25, 0.3) is 5.91 Å². The maximum absolute atomic E-state index is 13.0. The van der Waals surface area contributed by atoms with Crippen LogP contribution in [-0.2, 0) is 13.0 Å². The van der Waals surface area contributed by atoms with Crippen LogP contribution in [0, 0.1) is 0 Å². The van der Waals surface area contributed by atoms with Crippen LogP contribution >= 0.6 is 43.2 Å². The number of amides is 1. The molecule has 2 aliphatic rings. The van der Waals surface area contributed by atoms with E-state index in [2.05, 4.69) is 61.2 Å². The molecule has 0 spiro atoms. The molecule has 0 bridgehead atoms. The summed E-state index contributed by atoms with van der Waals surface area (Å²) >= 11 is 8.77. The molecule has 1 amide bonds. The lowest BCUT2D eigenvalue weighted by molar-refractivity contribution is 0.0934. The Morgan fingerprint density at radius 3 is 2.78 bits per heavy atom. The highest BCUT2D eigenvalue weighted by Gasteiger charge is 2.34. The summed E-state index contributed by atoms with van der Waals surface area (Å²) in [5.74, 6) is 0.703. The van der Waals surface area contributed by atoms with Gasteiger partial charge in [0.05, 0.1) is 17.1 Å². The standard InChI is InChI=1S/C19H21Br2N3O2S/c1-9(2)24-5-4-11-14(8-24)27-19-15(11)18(25)22-17(23-19)12-6-10(20)7-13(21)16(12)26-3/h6-7,9,17,23H,4-5,8H2,1-3H3,(H,22,25)/t17-/m1/s1. The second-order valence-corrected chi connectivity index (χ2v) is 9.96. The molecule has 0 fully saturated rings. The van der Waals surface area contributed by atoms with E-state index in [-0.39, 0.29) is 12.1 Å². The Balaban J connectivity index is 1.70. The number of halogens is 2. The number of nitrogens with zero attached hydrogens (tertiary/aromatic N) is 1. The van der Waals surface area contributed by atoms with Crippen LogP contribution in [-0.4, -0.2) is 30.5 Å². The summed E-state index contributed by atoms with van der Waals surface area (Å²) in [4.78, 5) is 16.7. The number of carbonyl (C=O) groups excluding carboxylic acids is 1. The van der Waals surface area contributed by atoms with E-state index in [4.69, 9.17) is 4.74 Å². The third-order valence-corrected chi connectivity index (χ3v) is 7.34. The van der Waals surface area contributed by atoms with Crippen molar-refractivity contribution in [2.24, 2.45) is 0 Å². The fourth-order valence-corrected chi connectivity index (χ4v) is 6.46. The van der Waals surface area contributed by atoms with Crippen LogP contribution < -0.4 is 15.4 Å². The summed E-state index contributed by atoms with van der Waals surface area (Å²) < 4.78 is 7.33. The Morgan fingerprint density at radius 2 is 2.07 bits per heavy atom. The van der Waals surface area contributed by atoms with Gasteiger partial charge in [-0.25, -0.2) is 0 Å². The van der Waals surface area contributed by atoms with Crippen LogP contribution in [0.4, 0.5) is 5.00 Å². The molecule has 8 heteroatoms. The fraction of sp³-hybridized carbons (Fsp3) is 0.421. The number of hydrogen-bond donors (Lipinski definition) is 2. The topological polar surface area (TPSA) is 53.6 Å². The summed E-state index contributed by atoms with van der Waals surface area (Å²) in [6, 6.07) is 4.42. The van der Waals surface area contributed by atoms with Crippen molar-refractivity contribution in [1.82, 2.24) is 10.2 Å². The highest BCUT2D eigenvalue weighted by atomic mass is 79.9. The van der Waals surface area contributed by atoms with E-state index in [9.17, 15) is 4.79 Å². The highest BCUT2D eigenvalue weighted by molar-refractivity contribution is 9.11. The van der Waals surface area contributed by atoms with Gasteiger partial charge in [-0.1, -0.05) is 15.9 Å². The summed E-state index contributed by atoms with van der Waals surface area (Å²) in [6.07, 6.45) is 0.584. The van der Waals surface area contributed by atoms with Gasteiger partial charge in [0.1, 0.15) is 16.9 Å². The first-order valence-electron chi connectivity index (χ1n) is 8.88. The molecule has 3 heterocycles. The first-order chi connectivity index (χ1) is 12.9. The number of methoxy groups -OCH3 is 1. The summed E-state index contributed by atoms with van der Waals surface area (Å²) in [7, 11) is 1.64. The first kappa shape index (κ1) is 19.2. The van der Waals surface area contributed by atoms with E-state index in [1.54, 1.807) is 18.4 Å². The van der Waals surface area contributed by atoms with Crippen molar-refractivity contribution in [3.8, 4) is 5.75 Å². The minimum absolute atomic E-state index is 0.0117. The van der Waals surface area contributed by atoms with E-state index in [0.717, 1.165) is 44.6 Å². The minimum Gasteiger partial charge on any atom is -0.495 e. The molecule has 1 atom stereocenters. The third-order valence-electron chi connectivity index (χ3n) is 5.15. The zero-order valence-electron chi connectivity index (χ0n) is 15.4. The fourth-order valence-electron chi connectivity index (χ4n) is 3.74. The quantitative estimate of drug-likeness (QED) is 0.611. The Kier molecular flexibility index (Phi) is 5.26. The second kappa shape index (κ2) is 7.39. The zero-order valence-corrected chi connectivity index (χ0v) is 19.3. The number of fused-ring (bicyclic) bond motifs is 3. The number of carbonyl (C=O) groups is 1. The molecule has 2 N–H and O–H groups in total. The molecule has 4 rings (SSSR count). The van der Waals surface area contributed by atoms with Crippen LogP contribution in [0.15, 0.2) is 21.1 Å². The van der Waals surface area contributed by atoms with Crippen LogP contribution in [0.3, 0.4) is 0 Å². The lowest BCUT2D eigenvalue weighted by Gasteiger charge is -2.31. The molecule has 0 saturated carbocycles. The van der Waals surface area contributed by atoms with Crippen LogP contribution in [0.1, 0.15) is 46.4 Å². The van der Waals surface area contributed by atoms with E-state index >= 15 is 0 Å². The molecule has 1 aromatic heterocycles. The maximum atomic E-state index is 13.0. The van der Waals surface area contributed by atoms with Gasteiger partial charge in [-0.3, -0.25) is 9.69 Å². The van der Waals surface area contributed by atoms with Crippen LogP contribution in [0.2, 0.25) is 0 Å². The molecular weight excluding hydrogens is 494 g/mol. The van der Waals surface area contributed by atoms with Gasteiger partial charge < -0.3 is 15.4 Å². The van der Waals surface area contributed by atoms with E-state index in [1.807, 2.05) is 12.1 Å². The minimum atomic E-state index is -0.338. The molecule has 0 radical (unpaired) electrons. The number of benzene rings is 1. The van der Waals surface area contributed by atoms with Crippen molar-refractivity contribution >= 4 is 54.1 Å². The van der Waals surface area contributed by atoms with E-state index < -0.39 is 0 Å². The van der Waals surface area contributed by atoms with Crippen molar-refractivity contribution in [3.63, 3.8) is 0 Å². The third kappa shape index (κ3) is 3.41. The SMILES string of the molecule is COc1c(Br)cc(Br)cc1[C@@H]1NC(=O)c2c(sc3c2CCN(C(C)C)C3)N1. The number of hydrogen-bond acceptors (Lipinski definition) is 5. The Hall–Kier alpha value is -1.09.